The quantitative estimate of drug-likeness (QED) is 0.493. The zero-order valence-electron chi connectivity index (χ0n) is 15.2. The number of fused-ring (bicyclic) bond motifs is 1. The highest BCUT2D eigenvalue weighted by Crippen LogP contribution is 2.22. The van der Waals surface area contributed by atoms with E-state index < -0.39 is 11.7 Å². The first-order chi connectivity index (χ1) is 13.0. The van der Waals surface area contributed by atoms with Crippen LogP contribution in [0.15, 0.2) is 46.0 Å². The van der Waals surface area contributed by atoms with E-state index in [-0.39, 0.29) is 18.7 Å². The lowest BCUT2D eigenvalue weighted by Gasteiger charge is -2.08. The first-order valence-corrected chi connectivity index (χ1v) is 9.49. The van der Waals surface area contributed by atoms with E-state index in [4.69, 9.17) is 4.74 Å². The Hall–Kier alpha value is -2.71. The maximum Gasteiger partial charge on any atom is 0.348 e. The molecule has 0 fully saturated rings. The van der Waals surface area contributed by atoms with Crippen molar-refractivity contribution in [3.63, 3.8) is 0 Å². The number of nitrogens with one attached hydrogen (secondary N) is 1. The number of esters is 1. The van der Waals surface area contributed by atoms with Crippen molar-refractivity contribution in [1.82, 2.24) is 14.5 Å². The number of carbonyl (C=O) groups is 1. The van der Waals surface area contributed by atoms with Gasteiger partial charge in [-0.3, -0.25) is 13.9 Å². The summed E-state index contributed by atoms with van der Waals surface area (Å²) < 4.78 is 7.92. The second-order valence-corrected chi connectivity index (χ2v) is 7.07. The third-order valence-electron chi connectivity index (χ3n) is 4.19. The Kier molecular flexibility index (Phi) is 5.88. The number of hydrogen-bond donors (Lipinski definition) is 1. The fourth-order valence-electron chi connectivity index (χ4n) is 2.74. The number of thiophene rings is 1. The molecule has 0 saturated heterocycles. The van der Waals surface area contributed by atoms with E-state index in [0.29, 0.717) is 21.6 Å². The highest BCUT2D eigenvalue weighted by Gasteiger charge is 2.18. The molecule has 0 aliphatic rings. The van der Waals surface area contributed by atoms with E-state index in [1.165, 1.54) is 15.2 Å². The number of rotatable bonds is 7. The Morgan fingerprint density at radius 3 is 2.67 bits per heavy atom. The number of aromatic nitrogens is 2. The van der Waals surface area contributed by atoms with Crippen molar-refractivity contribution >= 4 is 27.5 Å². The molecule has 0 spiro atoms. The van der Waals surface area contributed by atoms with E-state index in [0.717, 1.165) is 23.4 Å². The van der Waals surface area contributed by atoms with Crippen LogP contribution in [-0.2, 0) is 24.9 Å². The number of benzene rings is 1. The Morgan fingerprint density at radius 2 is 1.96 bits per heavy atom. The minimum Gasteiger partial charge on any atom is -0.457 e. The van der Waals surface area contributed by atoms with Crippen LogP contribution in [0.2, 0.25) is 0 Å². The molecule has 0 bridgehead atoms. The molecule has 2 heterocycles. The predicted octanol–water partition coefficient (Wildman–Crippen LogP) is 1.73. The third kappa shape index (κ3) is 4.01. The molecule has 0 aliphatic carbocycles. The highest BCUT2D eigenvalue weighted by atomic mass is 32.1. The summed E-state index contributed by atoms with van der Waals surface area (Å²) in [5, 5.41) is 3.45. The minimum atomic E-state index is -0.508. The Bertz CT molecular complexity index is 1070. The zero-order valence-corrected chi connectivity index (χ0v) is 16.0. The Morgan fingerprint density at radius 1 is 1.22 bits per heavy atom. The number of likely N-dealkylation sites (N-methyl/N-ethyl adjacent to an activating group) is 1. The first-order valence-electron chi connectivity index (χ1n) is 8.68. The van der Waals surface area contributed by atoms with E-state index in [2.05, 4.69) is 5.32 Å². The molecule has 7 nitrogen and oxygen atoms in total. The minimum absolute atomic E-state index is 0.153. The van der Waals surface area contributed by atoms with Gasteiger partial charge in [-0.25, -0.2) is 9.59 Å². The molecule has 3 rings (SSSR count). The van der Waals surface area contributed by atoms with Gasteiger partial charge in [0, 0.05) is 20.1 Å². The van der Waals surface area contributed by atoms with E-state index in [1.807, 2.05) is 37.3 Å². The lowest BCUT2D eigenvalue weighted by atomic mass is 10.2. The summed E-state index contributed by atoms with van der Waals surface area (Å²) in [6.07, 6.45) is 0. The summed E-state index contributed by atoms with van der Waals surface area (Å²) in [6.45, 7) is 3.66. The molecule has 2 aromatic heterocycles. The van der Waals surface area contributed by atoms with Crippen LogP contribution < -0.4 is 16.6 Å². The van der Waals surface area contributed by atoms with Gasteiger partial charge in [-0.2, -0.15) is 0 Å². The number of hydrogen-bond acceptors (Lipinski definition) is 6. The summed E-state index contributed by atoms with van der Waals surface area (Å²) in [5.74, 6) is -0.508. The SMILES string of the molecule is CCNCCn1c(=O)c2cc(C(=O)OCc3ccccc3)sc2n(C)c1=O. The number of carbonyl (C=O) groups excluding carboxylic acids is 1. The Labute approximate surface area is 159 Å². The molecular weight excluding hydrogens is 366 g/mol. The van der Waals surface area contributed by atoms with Gasteiger partial charge in [0.25, 0.3) is 5.56 Å². The lowest BCUT2D eigenvalue weighted by molar-refractivity contribution is 0.0478. The van der Waals surface area contributed by atoms with Gasteiger partial charge in [-0.15, -0.1) is 11.3 Å². The zero-order chi connectivity index (χ0) is 19.4. The van der Waals surface area contributed by atoms with Crippen molar-refractivity contribution in [3.8, 4) is 0 Å². The van der Waals surface area contributed by atoms with E-state index >= 15 is 0 Å². The molecule has 8 heteroatoms. The topological polar surface area (TPSA) is 82.3 Å². The summed E-state index contributed by atoms with van der Waals surface area (Å²) in [6, 6.07) is 10.9. The van der Waals surface area contributed by atoms with Gasteiger partial charge >= 0.3 is 11.7 Å². The Balaban J connectivity index is 1.89. The predicted molar refractivity (Wildman–Crippen MR) is 105 cm³/mol. The maximum atomic E-state index is 12.7. The van der Waals surface area contributed by atoms with Crippen LogP contribution in [0.1, 0.15) is 22.2 Å². The van der Waals surface area contributed by atoms with Crippen LogP contribution >= 0.6 is 11.3 Å². The molecule has 0 aliphatic heterocycles. The standard InChI is InChI=1S/C19H21N3O4S/c1-3-20-9-10-22-16(23)14-11-15(27-17(14)21(2)19(22)25)18(24)26-12-13-7-5-4-6-8-13/h4-8,11,20H,3,9-10,12H2,1-2H3. The molecule has 0 atom stereocenters. The van der Waals surface area contributed by atoms with Gasteiger partial charge in [0.15, 0.2) is 0 Å². The maximum absolute atomic E-state index is 12.7. The van der Waals surface area contributed by atoms with E-state index in [9.17, 15) is 14.4 Å². The fraction of sp³-hybridized carbons (Fsp3) is 0.316. The second kappa shape index (κ2) is 8.32. The fourth-order valence-corrected chi connectivity index (χ4v) is 3.74. The van der Waals surface area contributed by atoms with Crippen LogP contribution in [0.3, 0.4) is 0 Å². The largest absolute Gasteiger partial charge is 0.457 e. The summed E-state index contributed by atoms with van der Waals surface area (Å²) in [5.41, 5.74) is 0.103. The molecule has 0 saturated carbocycles. The van der Waals surface area contributed by atoms with Crippen molar-refractivity contribution in [2.24, 2.45) is 7.05 Å². The molecule has 3 aromatic rings. The van der Waals surface area contributed by atoms with Gasteiger partial charge in [-0.05, 0) is 18.2 Å². The first kappa shape index (κ1) is 19.1. The van der Waals surface area contributed by atoms with Crippen LogP contribution in [-0.4, -0.2) is 28.2 Å². The molecule has 1 N–H and O–H groups in total. The molecule has 1 aromatic carbocycles. The average molecular weight is 387 g/mol. The van der Waals surface area contributed by atoms with Crippen molar-refractivity contribution in [3.05, 3.63) is 67.7 Å². The van der Waals surface area contributed by atoms with E-state index in [1.54, 1.807) is 7.05 Å². The van der Waals surface area contributed by atoms with Gasteiger partial charge in [0.1, 0.15) is 16.3 Å². The molecule has 0 amide bonds. The van der Waals surface area contributed by atoms with Crippen molar-refractivity contribution in [2.45, 2.75) is 20.1 Å². The molecular formula is C19H21N3O4S. The van der Waals surface area contributed by atoms with Gasteiger partial charge in [0.05, 0.1) is 5.39 Å². The number of ether oxygens (including phenoxy) is 1. The highest BCUT2D eigenvalue weighted by molar-refractivity contribution is 7.20. The van der Waals surface area contributed by atoms with Gasteiger partial charge in [-0.1, -0.05) is 37.3 Å². The van der Waals surface area contributed by atoms with Crippen LogP contribution in [0.5, 0.6) is 0 Å². The van der Waals surface area contributed by atoms with Crippen LogP contribution in [0.4, 0.5) is 0 Å². The summed E-state index contributed by atoms with van der Waals surface area (Å²) in [4.78, 5) is 38.3. The average Bonchev–Trinajstić information content (AvgIpc) is 3.14. The smallest absolute Gasteiger partial charge is 0.348 e. The normalized spacial score (nSPS) is 11.0. The van der Waals surface area contributed by atoms with Crippen molar-refractivity contribution < 1.29 is 9.53 Å². The summed E-state index contributed by atoms with van der Waals surface area (Å²) in [7, 11) is 1.60. The number of nitrogens with zero attached hydrogens (tertiary/aromatic N) is 2. The molecule has 142 valence electrons. The van der Waals surface area contributed by atoms with Crippen molar-refractivity contribution in [2.75, 3.05) is 13.1 Å². The summed E-state index contributed by atoms with van der Waals surface area (Å²) >= 11 is 1.09. The van der Waals surface area contributed by atoms with Crippen LogP contribution in [0, 0.1) is 0 Å². The molecule has 0 unspecified atom stereocenters. The number of aryl methyl sites for hydroxylation is 1. The molecule has 0 radical (unpaired) electrons. The third-order valence-corrected chi connectivity index (χ3v) is 5.38. The molecule has 27 heavy (non-hydrogen) atoms. The van der Waals surface area contributed by atoms with Crippen molar-refractivity contribution in [1.29, 1.82) is 0 Å². The monoisotopic (exact) mass is 387 g/mol. The second-order valence-electron chi connectivity index (χ2n) is 6.04. The van der Waals surface area contributed by atoms with Crippen LogP contribution in [0.25, 0.3) is 10.2 Å². The van der Waals surface area contributed by atoms with Gasteiger partial charge in [0.2, 0.25) is 0 Å². The lowest BCUT2D eigenvalue weighted by Crippen LogP contribution is -2.40. The van der Waals surface area contributed by atoms with Gasteiger partial charge < -0.3 is 10.1 Å².